The lowest BCUT2D eigenvalue weighted by Gasteiger charge is -2.09. The number of aromatic hydroxyl groups is 1. The minimum Gasteiger partial charge on any atom is -0.508 e. The summed E-state index contributed by atoms with van der Waals surface area (Å²) in [5.74, 6) is 0.728. The minimum absolute atomic E-state index is 0.184. The van der Waals surface area contributed by atoms with Gasteiger partial charge in [0.1, 0.15) is 5.75 Å². The van der Waals surface area contributed by atoms with Crippen LogP contribution < -0.4 is 0 Å². The van der Waals surface area contributed by atoms with Crippen molar-refractivity contribution in [2.24, 2.45) is 0 Å². The first kappa shape index (κ1) is 11.5. The van der Waals surface area contributed by atoms with E-state index in [-0.39, 0.29) is 5.75 Å². The van der Waals surface area contributed by atoms with Crippen LogP contribution in [0.15, 0.2) is 30.5 Å². The first-order chi connectivity index (χ1) is 8.08. The summed E-state index contributed by atoms with van der Waals surface area (Å²) in [5.41, 5.74) is 2.22. The second kappa shape index (κ2) is 4.51. The Bertz CT molecular complexity index is 539. The van der Waals surface area contributed by atoms with Crippen molar-refractivity contribution >= 4 is 0 Å². The van der Waals surface area contributed by atoms with Gasteiger partial charge in [0.05, 0.1) is 6.10 Å². The van der Waals surface area contributed by atoms with Crippen molar-refractivity contribution in [3.05, 3.63) is 41.7 Å². The Morgan fingerprint density at radius 1 is 1.29 bits per heavy atom. The molecule has 0 aliphatic heterocycles. The number of benzene rings is 1. The molecular formula is C13H14N2O2. The Hall–Kier alpha value is -1.94. The summed E-state index contributed by atoms with van der Waals surface area (Å²) in [7, 11) is 0. The van der Waals surface area contributed by atoms with Crippen LogP contribution in [0.5, 0.6) is 5.75 Å². The summed E-state index contributed by atoms with van der Waals surface area (Å²) in [6.45, 7) is 3.51. The maximum atomic E-state index is 9.49. The van der Waals surface area contributed by atoms with Gasteiger partial charge in [-0.15, -0.1) is 0 Å². The fourth-order valence-electron chi connectivity index (χ4n) is 1.67. The van der Waals surface area contributed by atoms with E-state index in [0.717, 1.165) is 11.3 Å². The summed E-state index contributed by atoms with van der Waals surface area (Å²) < 4.78 is 0. The molecule has 1 atom stereocenters. The Kier molecular flexibility index (Phi) is 3.06. The molecule has 4 heteroatoms. The van der Waals surface area contributed by atoms with Crippen molar-refractivity contribution in [3.63, 3.8) is 0 Å². The molecule has 0 aliphatic carbocycles. The van der Waals surface area contributed by atoms with Crippen molar-refractivity contribution in [3.8, 4) is 17.1 Å². The van der Waals surface area contributed by atoms with Crippen LogP contribution in [0.1, 0.15) is 24.3 Å². The largest absolute Gasteiger partial charge is 0.508 e. The molecule has 88 valence electrons. The van der Waals surface area contributed by atoms with E-state index in [2.05, 4.69) is 9.97 Å². The van der Waals surface area contributed by atoms with Crippen LogP contribution in [0.2, 0.25) is 0 Å². The van der Waals surface area contributed by atoms with Crippen molar-refractivity contribution in [1.82, 2.24) is 9.97 Å². The molecule has 0 saturated heterocycles. The molecule has 0 fully saturated rings. The van der Waals surface area contributed by atoms with Gasteiger partial charge in [-0.1, -0.05) is 12.1 Å². The van der Waals surface area contributed by atoms with Gasteiger partial charge < -0.3 is 10.2 Å². The van der Waals surface area contributed by atoms with Gasteiger partial charge in [0.15, 0.2) is 5.82 Å². The molecule has 0 aliphatic rings. The highest BCUT2D eigenvalue weighted by Crippen LogP contribution is 2.22. The molecule has 0 radical (unpaired) electrons. The van der Waals surface area contributed by atoms with Gasteiger partial charge in [0.25, 0.3) is 0 Å². The first-order valence-electron chi connectivity index (χ1n) is 5.39. The lowest BCUT2D eigenvalue weighted by atomic mass is 10.1. The second-order valence-corrected chi connectivity index (χ2v) is 3.96. The molecule has 2 rings (SSSR count). The molecule has 0 bridgehead atoms. The number of aryl methyl sites for hydroxylation is 1. The molecule has 1 aromatic carbocycles. The fraction of sp³-hybridized carbons (Fsp3) is 0.231. The van der Waals surface area contributed by atoms with Gasteiger partial charge in [-0.25, -0.2) is 9.97 Å². The highest BCUT2D eigenvalue weighted by molar-refractivity contribution is 5.57. The third kappa shape index (κ3) is 2.42. The number of aliphatic hydroxyl groups is 1. The van der Waals surface area contributed by atoms with Gasteiger partial charge in [-0.3, -0.25) is 0 Å². The van der Waals surface area contributed by atoms with E-state index in [0.29, 0.717) is 11.4 Å². The fourth-order valence-corrected chi connectivity index (χ4v) is 1.67. The van der Waals surface area contributed by atoms with E-state index in [4.69, 9.17) is 0 Å². The zero-order chi connectivity index (χ0) is 12.4. The van der Waals surface area contributed by atoms with E-state index >= 15 is 0 Å². The monoisotopic (exact) mass is 230 g/mol. The minimum atomic E-state index is -0.576. The lowest BCUT2D eigenvalue weighted by Crippen LogP contribution is -2.01. The normalized spacial score (nSPS) is 12.4. The van der Waals surface area contributed by atoms with Gasteiger partial charge in [-0.2, -0.15) is 0 Å². The Labute approximate surface area is 99.6 Å². The van der Waals surface area contributed by atoms with Crippen molar-refractivity contribution < 1.29 is 10.2 Å². The second-order valence-electron chi connectivity index (χ2n) is 3.96. The lowest BCUT2D eigenvalue weighted by molar-refractivity contribution is 0.197. The van der Waals surface area contributed by atoms with Crippen molar-refractivity contribution in [1.29, 1.82) is 0 Å². The predicted molar refractivity (Wildman–Crippen MR) is 64.5 cm³/mol. The molecule has 4 nitrogen and oxygen atoms in total. The summed E-state index contributed by atoms with van der Waals surface area (Å²) >= 11 is 0. The zero-order valence-corrected chi connectivity index (χ0v) is 9.75. The van der Waals surface area contributed by atoms with Gasteiger partial charge in [-0.05, 0) is 26.0 Å². The van der Waals surface area contributed by atoms with Crippen LogP contribution in [0.3, 0.4) is 0 Å². The number of rotatable bonds is 2. The van der Waals surface area contributed by atoms with Gasteiger partial charge in [0.2, 0.25) is 0 Å². The molecule has 0 spiro atoms. The first-order valence-corrected chi connectivity index (χ1v) is 5.39. The molecular weight excluding hydrogens is 216 g/mol. The standard InChI is InChI=1S/C13H14N2O2/c1-8-12(9(2)16)7-14-13(15-8)10-4-3-5-11(17)6-10/h3-7,9,16-17H,1-2H3. The predicted octanol–water partition coefficient (Wildman–Crippen LogP) is 2.21. The Morgan fingerprint density at radius 3 is 2.65 bits per heavy atom. The number of aliphatic hydroxyl groups excluding tert-OH is 1. The van der Waals surface area contributed by atoms with Crippen molar-refractivity contribution in [2.75, 3.05) is 0 Å². The SMILES string of the molecule is Cc1nc(-c2cccc(O)c2)ncc1C(C)O. The Balaban J connectivity index is 2.44. The number of nitrogens with zero attached hydrogens (tertiary/aromatic N) is 2. The maximum Gasteiger partial charge on any atom is 0.159 e. The third-order valence-electron chi connectivity index (χ3n) is 2.57. The van der Waals surface area contributed by atoms with Gasteiger partial charge >= 0.3 is 0 Å². The van der Waals surface area contributed by atoms with E-state index in [1.165, 1.54) is 0 Å². The maximum absolute atomic E-state index is 9.49. The van der Waals surface area contributed by atoms with E-state index in [9.17, 15) is 10.2 Å². The average Bonchev–Trinajstić information content (AvgIpc) is 2.28. The number of aromatic nitrogens is 2. The smallest absolute Gasteiger partial charge is 0.159 e. The quantitative estimate of drug-likeness (QED) is 0.830. The highest BCUT2D eigenvalue weighted by atomic mass is 16.3. The summed E-state index contributed by atoms with van der Waals surface area (Å²) in [6.07, 6.45) is 1.04. The van der Waals surface area contributed by atoms with Crippen molar-refractivity contribution in [2.45, 2.75) is 20.0 Å². The molecule has 1 heterocycles. The van der Waals surface area contributed by atoms with Crippen LogP contribution in [0, 0.1) is 6.92 Å². The topological polar surface area (TPSA) is 66.2 Å². The number of phenols is 1. The van der Waals surface area contributed by atoms with Gasteiger partial charge in [0, 0.05) is 23.0 Å². The third-order valence-corrected chi connectivity index (χ3v) is 2.57. The van der Waals surface area contributed by atoms with Crippen LogP contribution in [-0.4, -0.2) is 20.2 Å². The average molecular weight is 230 g/mol. The Morgan fingerprint density at radius 2 is 2.06 bits per heavy atom. The molecule has 1 aromatic heterocycles. The van der Waals surface area contributed by atoms with E-state index < -0.39 is 6.10 Å². The molecule has 1 unspecified atom stereocenters. The summed E-state index contributed by atoms with van der Waals surface area (Å²) in [4.78, 5) is 8.51. The molecule has 2 N–H and O–H groups in total. The molecule has 2 aromatic rings. The van der Waals surface area contributed by atoms with E-state index in [1.807, 2.05) is 13.0 Å². The highest BCUT2D eigenvalue weighted by Gasteiger charge is 2.09. The summed E-state index contributed by atoms with van der Waals surface area (Å²) in [5, 5.41) is 18.9. The number of hydrogen-bond donors (Lipinski definition) is 2. The number of phenolic OH excluding ortho intramolecular Hbond substituents is 1. The van der Waals surface area contributed by atoms with Crippen LogP contribution in [-0.2, 0) is 0 Å². The van der Waals surface area contributed by atoms with E-state index in [1.54, 1.807) is 31.3 Å². The molecule has 17 heavy (non-hydrogen) atoms. The molecule has 0 amide bonds. The van der Waals surface area contributed by atoms with Crippen LogP contribution in [0.4, 0.5) is 0 Å². The number of hydrogen-bond acceptors (Lipinski definition) is 4. The van der Waals surface area contributed by atoms with Crippen LogP contribution in [0.25, 0.3) is 11.4 Å². The molecule has 0 saturated carbocycles. The summed E-state index contributed by atoms with van der Waals surface area (Å²) in [6, 6.07) is 6.78. The van der Waals surface area contributed by atoms with Crippen LogP contribution >= 0.6 is 0 Å². The zero-order valence-electron chi connectivity index (χ0n) is 9.75.